The van der Waals surface area contributed by atoms with Gasteiger partial charge in [-0.25, -0.2) is 4.79 Å². The predicted molar refractivity (Wildman–Crippen MR) is 136 cm³/mol. The van der Waals surface area contributed by atoms with E-state index >= 15 is 0 Å². The molecule has 1 heterocycles. The SMILES string of the molecule is COc1cc(C=Nn2c(=O)[nH]c3ccccc3c2=O)c(Br)c(Br)c1OCc1cccc(C)c1. The molecule has 168 valence electrons. The molecule has 0 unspecified atom stereocenters. The molecule has 3 aromatic carbocycles. The number of H-pyrrole nitrogens is 1. The first-order chi connectivity index (χ1) is 15.9. The molecule has 4 aromatic rings. The summed E-state index contributed by atoms with van der Waals surface area (Å²) in [6.07, 6.45) is 1.41. The van der Waals surface area contributed by atoms with E-state index in [0.717, 1.165) is 15.8 Å². The molecular formula is C24H19Br2N3O4. The van der Waals surface area contributed by atoms with E-state index in [1.54, 1.807) is 30.3 Å². The van der Waals surface area contributed by atoms with E-state index in [2.05, 4.69) is 48.0 Å². The molecule has 0 aliphatic carbocycles. The molecule has 0 atom stereocenters. The summed E-state index contributed by atoms with van der Waals surface area (Å²) in [4.78, 5) is 27.7. The monoisotopic (exact) mass is 571 g/mol. The minimum absolute atomic E-state index is 0.359. The Kier molecular flexibility index (Phi) is 6.80. The fraction of sp³-hybridized carbons (Fsp3) is 0.125. The van der Waals surface area contributed by atoms with Crippen molar-refractivity contribution in [3.8, 4) is 11.5 Å². The highest BCUT2D eigenvalue weighted by molar-refractivity contribution is 9.13. The van der Waals surface area contributed by atoms with Crippen molar-refractivity contribution in [2.24, 2.45) is 5.10 Å². The number of para-hydroxylation sites is 1. The minimum atomic E-state index is -0.629. The molecular weight excluding hydrogens is 554 g/mol. The second-order valence-electron chi connectivity index (χ2n) is 7.24. The number of fused-ring (bicyclic) bond motifs is 1. The first-order valence-electron chi connectivity index (χ1n) is 9.92. The van der Waals surface area contributed by atoms with Crippen molar-refractivity contribution in [1.29, 1.82) is 0 Å². The second-order valence-corrected chi connectivity index (χ2v) is 8.83. The van der Waals surface area contributed by atoms with Gasteiger partial charge in [0.05, 0.1) is 28.7 Å². The Bertz CT molecular complexity index is 1490. The van der Waals surface area contributed by atoms with Crippen LogP contribution in [0.2, 0.25) is 0 Å². The van der Waals surface area contributed by atoms with Crippen LogP contribution in [0.5, 0.6) is 11.5 Å². The van der Waals surface area contributed by atoms with Gasteiger partial charge in [0.25, 0.3) is 5.56 Å². The van der Waals surface area contributed by atoms with Gasteiger partial charge in [-0.05, 0) is 62.5 Å². The lowest BCUT2D eigenvalue weighted by molar-refractivity contribution is 0.282. The van der Waals surface area contributed by atoms with Crippen molar-refractivity contribution in [1.82, 2.24) is 9.66 Å². The fourth-order valence-electron chi connectivity index (χ4n) is 3.32. The average molecular weight is 573 g/mol. The van der Waals surface area contributed by atoms with Crippen LogP contribution in [-0.4, -0.2) is 23.0 Å². The van der Waals surface area contributed by atoms with E-state index in [-0.39, 0.29) is 0 Å². The van der Waals surface area contributed by atoms with Crippen LogP contribution in [0.25, 0.3) is 10.9 Å². The summed E-state index contributed by atoms with van der Waals surface area (Å²) in [6.45, 7) is 2.38. The Morgan fingerprint density at radius 1 is 1.06 bits per heavy atom. The minimum Gasteiger partial charge on any atom is -0.493 e. The van der Waals surface area contributed by atoms with Gasteiger partial charge in [-0.15, -0.1) is 4.68 Å². The van der Waals surface area contributed by atoms with Crippen molar-refractivity contribution in [3.05, 3.63) is 101 Å². The topological polar surface area (TPSA) is 85.7 Å². The van der Waals surface area contributed by atoms with Crippen LogP contribution in [0.15, 0.2) is 78.2 Å². The molecule has 0 spiro atoms. The van der Waals surface area contributed by atoms with Gasteiger partial charge >= 0.3 is 5.69 Å². The summed E-state index contributed by atoms with van der Waals surface area (Å²) < 4.78 is 13.6. The molecule has 0 aliphatic heterocycles. The summed E-state index contributed by atoms with van der Waals surface area (Å²) >= 11 is 7.08. The summed E-state index contributed by atoms with van der Waals surface area (Å²) in [5, 5.41) is 4.49. The van der Waals surface area contributed by atoms with E-state index in [1.807, 2.05) is 25.1 Å². The highest BCUT2D eigenvalue weighted by Gasteiger charge is 2.17. The molecule has 1 N–H and O–H groups in total. The van der Waals surface area contributed by atoms with Crippen molar-refractivity contribution < 1.29 is 9.47 Å². The summed E-state index contributed by atoms with van der Waals surface area (Å²) in [6, 6.07) is 16.5. The normalized spacial score (nSPS) is 11.3. The number of halogens is 2. The molecule has 7 nitrogen and oxygen atoms in total. The Balaban J connectivity index is 1.69. The quantitative estimate of drug-likeness (QED) is 0.330. The molecule has 0 saturated carbocycles. The van der Waals surface area contributed by atoms with Crippen LogP contribution in [0, 0.1) is 6.92 Å². The summed E-state index contributed by atoms with van der Waals surface area (Å²) in [5.41, 5.74) is 2.08. The zero-order valence-corrected chi connectivity index (χ0v) is 20.9. The standard InChI is InChI=1S/C24H19Br2N3O4/c1-14-6-5-7-15(10-14)13-33-22-19(32-2)11-16(20(25)21(22)26)12-27-29-23(30)17-8-3-4-9-18(17)28-24(29)31/h3-12H,13H2,1-2H3,(H,28,31). The zero-order chi connectivity index (χ0) is 23.5. The number of rotatable bonds is 6. The number of ether oxygens (including phenoxy) is 2. The zero-order valence-electron chi connectivity index (χ0n) is 17.8. The van der Waals surface area contributed by atoms with Crippen molar-refractivity contribution in [3.63, 3.8) is 0 Å². The predicted octanol–water partition coefficient (Wildman–Crippen LogP) is 4.99. The number of nitrogens with one attached hydrogen (secondary N) is 1. The molecule has 0 bridgehead atoms. The molecule has 0 radical (unpaired) electrons. The lowest BCUT2D eigenvalue weighted by Crippen LogP contribution is -2.32. The largest absolute Gasteiger partial charge is 0.493 e. The highest BCUT2D eigenvalue weighted by atomic mass is 79.9. The molecule has 0 fully saturated rings. The number of aromatic nitrogens is 2. The van der Waals surface area contributed by atoms with Crippen molar-refractivity contribution >= 4 is 49.0 Å². The molecule has 0 aliphatic rings. The van der Waals surface area contributed by atoms with E-state index in [1.165, 1.54) is 13.3 Å². The first-order valence-corrected chi connectivity index (χ1v) is 11.5. The van der Waals surface area contributed by atoms with Gasteiger partial charge in [-0.3, -0.25) is 4.79 Å². The molecule has 0 saturated heterocycles. The van der Waals surface area contributed by atoms with E-state index in [9.17, 15) is 9.59 Å². The third kappa shape index (κ3) is 4.79. The lowest BCUT2D eigenvalue weighted by atomic mass is 10.1. The Labute approximate surface area is 205 Å². The van der Waals surface area contributed by atoms with Crippen LogP contribution in [0.3, 0.4) is 0 Å². The Hall–Kier alpha value is -3.17. The van der Waals surface area contributed by atoms with Gasteiger partial charge in [-0.1, -0.05) is 42.0 Å². The van der Waals surface area contributed by atoms with Gasteiger partial charge in [0.2, 0.25) is 0 Å². The maximum absolute atomic E-state index is 12.7. The van der Waals surface area contributed by atoms with E-state index in [0.29, 0.717) is 43.5 Å². The Morgan fingerprint density at radius 2 is 1.85 bits per heavy atom. The van der Waals surface area contributed by atoms with Crippen LogP contribution >= 0.6 is 31.9 Å². The van der Waals surface area contributed by atoms with Gasteiger partial charge in [0.1, 0.15) is 6.61 Å². The fourth-order valence-corrected chi connectivity index (χ4v) is 4.26. The third-order valence-corrected chi connectivity index (χ3v) is 7.08. The van der Waals surface area contributed by atoms with Crippen molar-refractivity contribution in [2.75, 3.05) is 7.11 Å². The number of hydrogen-bond acceptors (Lipinski definition) is 5. The first kappa shape index (κ1) is 23.0. The number of methoxy groups -OCH3 is 1. The number of aromatic amines is 1. The van der Waals surface area contributed by atoms with Gasteiger partial charge in [-0.2, -0.15) is 5.10 Å². The van der Waals surface area contributed by atoms with Crippen LogP contribution in [-0.2, 0) is 6.61 Å². The second kappa shape index (κ2) is 9.76. The average Bonchev–Trinajstić information content (AvgIpc) is 2.80. The van der Waals surface area contributed by atoms with Crippen LogP contribution in [0.4, 0.5) is 0 Å². The maximum Gasteiger partial charge on any atom is 0.349 e. The molecule has 0 amide bonds. The van der Waals surface area contributed by atoms with Gasteiger partial charge in [0, 0.05) is 10.0 Å². The van der Waals surface area contributed by atoms with Crippen LogP contribution < -0.4 is 20.7 Å². The number of benzene rings is 3. The summed E-state index contributed by atoms with van der Waals surface area (Å²) in [5.74, 6) is 0.989. The molecule has 1 aromatic heterocycles. The van der Waals surface area contributed by atoms with Crippen LogP contribution in [0.1, 0.15) is 16.7 Å². The lowest BCUT2D eigenvalue weighted by Gasteiger charge is -2.15. The van der Waals surface area contributed by atoms with Crippen molar-refractivity contribution in [2.45, 2.75) is 13.5 Å². The molecule has 4 rings (SSSR count). The summed E-state index contributed by atoms with van der Waals surface area (Å²) in [7, 11) is 1.54. The Morgan fingerprint density at radius 3 is 2.61 bits per heavy atom. The van der Waals surface area contributed by atoms with E-state index in [4.69, 9.17) is 9.47 Å². The highest BCUT2D eigenvalue weighted by Crippen LogP contribution is 2.42. The number of nitrogens with zero attached hydrogens (tertiary/aromatic N) is 2. The maximum atomic E-state index is 12.7. The third-order valence-electron chi connectivity index (χ3n) is 4.94. The van der Waals surface area contributed by atoms with Gasteiger partial charge in [0.15, 0.2) is 11.5 Å². The molecule has 9 heteroatoms. The van der Waals surface area contributed by atoms with Gasteiger partial charge < -0.3 is 14.5 Å². The number of aryl methyl sites for hydroxylation is 1. The number of hydrogen-bond donors (Lipinski definition) is 1. The molecule has 33 heavy (non-hydrogen) atoms. The smallest absolute Gasteiger partial charge is 0.349 e. The van der Waals surface area contributed by atoms with E-state index < -0.39 is 11.2 Å².